The van der Waals surface area contributed by atoms with Crippen LogP contribution in [0.5, 0.6) is 5.75 Å². The van der Waals surface area contributed by atoms with Crippen molar-refractivity contribution in [1.82, 2.24) is 21.3 Å². The highest BCUT2D eigenvalue weighted by Crippen LogP contribution is 2.11. The summed E-state index contributed by atoms with van der Waals surface area (Å²) in [6.45, 7) is -0.850. The monoisotopic (exact) mass is 572 g/mol. The second kappa shape index (κ2) is 16.8. The number of primary amides is 1. The first-order chi connectivity index (χ1) is 19.1. The molecule has 0 fully saturated rings. The van der Waals surface area contributed by atoms with Crippen molar-refractivity contribution in [1.29, 1.82) is 0 Å². The minimum absolute atomic E-state index is 0.0931. The molecule has 0 aliphatic carbocycles. The lowest BCUT2D eigenvalue weighted by molar-refractivity contribution is -0.131. The minimum Gasteiger partial charge on any atom is -0.508 e. The number of carbonyl (C=O) groups excluding carboxylic acids is 5. The Morgan fingerprint density at radius 2 is 1.43 bits per heavy atom. The highest BCUT2D eigenvalue weighted by Gasteiger charge is 2.26. The number of rotatable bonds is 16. The highest BCUT2D eigenvalue weighted by molar-refractivity contribution is 7.98. The first-order valence-corrected chi connectivity index (χ1v) is 14.0. The van der Waals surface area contributed by atoms with Crippen LogP contribution in [-0.2, 0) is 36.8 Å². The molecule has 0 saturated carbocycles. The maximum Gasteiger partial charge on any atom is 0.243 e. The molecular weight excluding hydrogens is 536 g/mol. The number of hydrogen-bond donors (Lipinski definition) is 7. The molecule has 216 valence electrons. The van der Waals surface area contributed by atoms with Gasteiger partial charge in [-0.3, -0.25) is 24.0 Å². The van der Waals surface area contributed by atoms with Gasteiger partial charge in [0.05, 0.1) is 19.1 Å². The Kier molecular flexibility index (Phi) is 13.5. The lowest BCUT2D eigenvalue weighted by Crippen LogP contribution is -2.55. The zero-order valence-electron chi connectivity index (χ0n) is 22.2. The van der Waals surface area contributed by atoms with E-state index in [0.717, 1.165) is 11.1 Å². The fraction of sp³-hybridized carbons (Fsp3) is 0.370. The van der Waals surface area contributed by atoms with Gasteiger partial charge in [0.15, 0.2) is 0 Å². The minimum atomic E-state index is -1.03. The topological polar surface area (TPSA) is 206 Å². The van der Waals surface area contributed by atoms with E-state index in [1.807, 2.05) is 12.3 Å². The first kappa shape index (κ1) is 32.1. The van der Waals surface area contributed by atoms with E-state index in [9.17, 15) is 29.1 Å². The zero-order chi connectivity index (χ0) is 29.5. The van der Waals surface area contributed by atoms with Crippen LogP contribution in [0.25, 0.3) is 0 Å². The molecule has 3 atom stereocenters. The average Bonchev–Trinajstić information content (AvgIpc) is 2.93. The van der Waals surface area contributed by atoms with E-state index < -0.39 is 60.8 Å². The van der Waals surface area contributed by atoms with E-state index in [1.54, 1.807) is 36.4 Å². The number of phenols is 1. The standard InChI is InChI=1S/C27H36N6O6S/c1-40-12-11-21(25(29)37)33-27(39)22(14-17-5-3-2-4-6-17)32-24(36)16-30-23(35)15-31-26(38)20(28)13-18-7-9-19(34)10-8-18/h2-10,20-22,34H,11-16,28H2,1H3,(H2,29,37)(H,30,35)(H,31,38)(H,32,36)(H,33,39). The molecule has 0 aromatic heterocycles. The van der Waals surface area contributed by atoms with Gasteiger partial charge in [0.1, 0.15) is 17.8 Å². The second-order valence-corrected chi connectivity index (χ2v) is 10.0. The summed E-state index contributed by atoms with van der Waals surface area (Å²) in [5.74, 6) is -2.39. The average molecular weight is 573 g/mol. The van der Waals surface area contributed by atoms with Crippen LogP contribution >= 0.6 is 11.8 Å². The van der Waals surface area contributed by atoms with Crippen LogP contribution in [0.3, 0.4) is 0 Å². The second-order valence-electron chi connectivity index (χ2n) is 9.03. The van der Waals surface area contributed by atoms with Crippen LogP contribution in [0.15, 0.2) is 54.6 Å². The molecule has 40 heavy (non-hydrogen) atoms. The van der Waals surface area contributed by atoms with Crippen LogP contribution < -0.4 is 32.7 Å². The smallest absolute Gasteiger partial charge is 0.243 e. The summed E-state index contributed by atoms with van der Waals surface area (Å²) in [4.78, 5) is 61.8. The largest absolute Gasteiger partial charge is 0.508 e. The van der Waals surface area contributed by atoms with Crippen molar-refractivity contribution in [3.63, 3.8) is 0 Å². The molecular formula is C27H36N6O6S. The number of nitrogens with one attached hydrogen (secondary N) is 4. The fourth-order valence-corrected chi connectivity index (χ4v) is 4.09. The maximum absolute atomic E-state index is 13.0. The van der Waals surface area contributed by atoms with E-state index >= 15 is 0 Å². The molecule has 2 aromatic rings. The molecule has 13 heteroatoms. The van der Waals surface area contributed by atoms with Gasteiger partial charge in [0.2, 0.25) is 29.5 Å². The third-order valence-electron chi connectivity index (χ3n) is 5.80. The number of benzene rings is 2. The summed E-state index contributed by atoms with van der Waals surface area (Å²) in [6, 6.07) is 12.4. The molecule has 0 radical (unpaired) electrons. The van der Waals surface area contributed by atoms with Crippen molar-refractivity contribution in [2.24, 2.45) is 11.5 Å². The van der Waals surface area contributed by atoms with Crippen molar-refractivity contribution in [2.75, 3.05) is 25.1 Å². The summed E-state index contributed by atoms with van der Waals surface area (Å²) >= 11 is 1.50. The highest BCUT2D eigenvalue weighted by atomic mass is 32.2. The molecule has 0 heterocycles. The summed E-state index contributed by atoms with van der Waals surface area (Å²) < 4.78 is 0. The Morgan fingerprint density at radius 1 is 0.800 bits per heavy atom. The van der Waals surface area contributed by atoms with Gasteiger partial charge < -0.3 is 37.8 Å². The summed E-state index contributed by atoms with van der Waals surface area (Å²) in [6.07, 6.45) is 2.56. The van der Waals surface area contributed by atoms with E-state index in [4.69, 9.17) is 11.5 Å². The normalized spacial score (nSPS) is 12.8. The van der Waals surface area contributed by atoms with Crippen molar-refractivity contribution in [3.05, 3.63) is 65.7 Å². The van der Waals surface area contributed by atoms with Gasteiger partial charge in [-0.2, -0.15) is 11.8 Å². The predicted octanol–water partition coefficient (Wildman–Crippen LogP) is -1.05. The van der Waals surface area contributed by atoms with Gasteiger partial charge in [-0.25, -0.2) is 0 Å². The molecule has 2 aromatic carbocycles. The number of hydrogen-bond acceptors (Lipinski definition) is 8. The molecule has 12 nitrogen and oxygen atoms in total. The summed E-state index contributed by atoms with van der Waals surface area (Å²) in [5, 5.41) is 19.3. The van der Waals surface area contributed by atoms with Gasteiger partial charge in [0, 0.05) is 6.42 Å². The Hall–Kier alpha value is -4.10. The number of amides is 5. The van der Waals surface area contributed by atoms with Crippen LogP contribution in [0.1, 0.15) is 17.5 Å². The lowest BCUT2D eigenvalue weighted by Gasteiger charge is -2.22. The van der Waals surface area contributed by atoms with Crippen molar-refractivity contribution in [2.45, 2.75) is 37.4 Å². The third-order valence-corrected chi connectivity index (χ3v) is 6.45. The molecule has 0 saturated heterocycles. The van der Waals surface area contributed by atoms with Crippen molar-refractivity contribution in [3.8, 4) is 5.75 Å². The van der Waals surface area contributed by atoms with E-state index in [0.29, 0.717) is 12.2 Å². The van der Waals surface area contributed by atoms with Gasteiger partial charge in [-0.05, 0) is 48.1 Å². The van der Waals surface area contributed by atoms with Crippen LogP contribution in [0.4, 0.5) is 0 Å². The van der Waals surface area contributed by atoms with Crippen LogP contribution in [0, 0.1) is 0 Å². The van der Waals surface area contributed by atoms with E-state index in [1.165, 1.54) is 23.9 Å². The quantitative estimate of drug-likeness (QED) is 0.132. The van der Waals surface area contributed by atoms with Gasteiger partial charge in [-0.1, -0.05) is 42.5 Å². The lowest BCUT2D eigenvalue weighted by atomic mass is 10.0. The SMILES string of the molecule is CSCCC(NC(=O)C(Cc1ccccc1)NC(=O)CNC(=O)CNC(=O)C(N)Cc1ccc(O)cc1)C(N)=O. The molecule has 9 N–H and O–H groups in total. The number of thioether (sulfide) groups is 1. The number of aromatic hydroxyl groups is 1. The molecule has 0 bridgehead atoms. The maximum atomic E-state index is 13.0. The molecule has 0 aliphatic rings. The fourth-order valence-electron chi connectivity index (χ4n) is 3.62. The zero-order valence-corrected chi connectivity index (χ0v) is 23.0. The van der Waals surface area contributed by atoms with E-state index in [2.05, 4.69) is 21.3 Å². The molecule has 0 spiro atoms. The Balaban J connectivity index is 1.88. The Labute approximate surface area is 237 Å². The van der Waals surface area contributed by atoms with Gasteiger partial charge in [0.25, 0.3) is 0 Å². The number of nitrogens with two attached hydrogens (primary N) is 2. The van der Waals surface area contributed by atoms with Crippen LogP contribution in [-0.4, -0.2) is 77.9 Å². The molecule has 5 amide bonds. The molecule has 0 aliphatic heterocycles. The van der Waals surface area contributed by atoms with Crippen molar-refractivity contribution >= 4 is 41.3 Å². The van der Waals surface area contributed by atoms with Crippen LogP contribution in [0.2, 0.25) is 0 Å². The van der Waals surface area contributed by atoms with E-state index in [-0.39, 0.29) is 18.6 Å². The molecule has 3 unspecified atom stereocenters. The number of phenolic OH excluding ortho intramolecular Hbond substituents is 1. The first-order valence-electron chi connectivity index (χ1n) is 12.6. The van der Waals surface area contributed by atoms with Gasteiger partial charge in [-0.15, -0.1) is 0 Å². The van der Waals surface area contributed by atoms with Crippen molar-refractivity contribution < 1.29 is 29.1 Å². The predicted molar refractivity (Wildman–Crippen MR) is 152 cm³/mol. The third kappa shape index (κ3) is 11.7. The van der Waals surface area contributed by atoms with Gasteiger partial charge >= 0.3 is 0 Å². The summed E-state index contributed by atoms with van der Waals surface area (Å²) in [5.41, 5.74) is 12.8. The molecule has 2 rings (SSSR count). The summed E-state index contributed by atoms with van der Waals surface area (Å²) in [7, 11) is 0. The number of carbonyl (C=O) groups is 5. The Morgan fingerprint density at radius 3 is 2.05 bits per heavy atom. The Bertz CT molecular complexity index is 1150.